The molecule has 0 saturated carbocycles. The van der Waals surface area contributed by atoms with Gasteiger partial charge in [0.15, 0.2) is 0 Å². The zero-order chi connectivity index (χ0) is 9.45. The van der Waals surface area contributed by atoms with E-state index in [0.717, 1.165) is 0 Å². The summed E-state index contributed by atoms with van der Waals surface area (Å²) in [5.41, 5.74) is -0.0744. The van der Waals surface area contributed by atoms with Gasteiger partial charge in [0.05, 0.1) is 18.8 Å². The number of rotatable bonds is 6. The quantitative estimate of drug-likeness (QED) is 0.456. The van der Waals surface area contributed by atoms with E-state index in [1.807, 2.05) is 27.7 Å². The van der Waals surface area contributed by atoms with Crippen LogP contribution < -0.4 is 0 Å². The van der Waals surface area contributed by atoms with Gasteiger partial charge in [-0.15, -0.1) is 0 Å². The summed E-state index contributed by atoms with van der Waals surface area (Å²) >= 11 is 0. The van der Waals surface area contributed by atoms with Crippen LogP contribution in [0.15, 0.2) is 0 Å². The third kappa shape index (κ3) is 9.88. The second-order valence-electron chi connectivity index (χ2n) is 3.48. The van der Waals surface area contributed by atoms with Crippen LogP contribution in [0.4, 0.5) is 0 Å². The van der Waals surface area contributed by atoms with E-state index in [9.17, 15) is 0 Å². The molecule has 0 N–H and O–H groups in total. The average Bonchev–Trinajstić information content (AvgIpc) is 1.94. The molecular weight excluding hydrogens is 156 g/mol. The minimum atomic E-state index is -0.0744. The van der Waals surface area contributed by atoms with E-state index in [0.29, 0.717) is 26.6 Å². The molecule has 0 rings (SSSR count). The standard InChI is InChI=1S/C9H20O3/c1-5-10-8-11-6-7-12-9(2,3)4/h5-8H2,1-4H3. The Morgan fingerprint density at radius 2 is 1.67 bits per heavy atom. The van der Waals surface area contributed by atoms with Crippen molar-refractivity contribution in [2.75, 3.05) is 26.6 Å². The topological polar surface area (TPSA) is 27.7 Å². The van der Waals surface area contributed by atoms with Gasteiger partial charge in [0.2, 0.25) is 0 Å². The van der Waals surface area contributed by atoms with Crippen LogP contribution in [0.1, 0.15) is 27.7 Å². The van der Waals surface area contributed by atoms with Gasteiger partial charge in [-0.3, -0.25) is 0 Å². The van der Waals surface area contributed by atoms with Crippen molar-refractivity contribution < 1.29 is 14.2 Å². The maximum Gasteiger partial charge on any atom is 0.146 e. The van der Waals surface area contributed by atoms with E-state index >= 15 is 0 Å². The van der Waals surface area contributed by atoms with Gasteiger partial charge in [0.1, 0.15) is 6.79 Å². The summed E-state index contributed by atoms with van der Waals surface area (Å²) in [4.78, 5) is 0. The van der Waals surface area contributed by atoms with Gasteiger partial charge < -0.3 is 14.2 Å². The summed E-state index contributed by atoms with van der Waals surface area (Å²) in [5, 5.41) is 0. The number of hydrogen-bond donors (Lipinski definition) is 0. The Balaban J connectivity index is 3.01. The maximum absolute atomic E-state index is 5.43. The van der Waals surface area contributed by atoms with Crippen LogP contribution in [0, 0.1) is 0 Å². The molecule has 0 heterocycles. The average molecular weight is 176 g/mol. The Kier molecular flexibility index (Phi) is 6.34. The van der Waals surface area contributed by atoms with E-state index in [2.05, 4.69) is 0 Å². The molecule has 0 aromatic heterocycles. The van der Waals surface area contributed by atoms with E-state index in [1.165, 1.54) is 0 Å². The monoisotopic (exact) mass is 176 g/mol. The fraction of sp³-hybridized carbons (Fsp3) is 1.00. The molecule has 0 amide bonds. The van der Waals surface area contributed by atoms with Gasteiger partial charge in [-0.2, -0.15) is 0 Å². The molecule has 12 heavy (non-hydrogen) atoms. The molecule has 0 unspecified atom stereocenters. The summed E-state index contributed by atoms with van der Waals surface area (Å²) in [5.74, 6) is 0. The molecular formula is C9H20O3. The Labute approximate surface area is 75.0 Å². The molecule has 74 valence electrons. The van der Waals surface area contributed by atoms with Gasteiger partial charge in [-0.05, 0) is 27.7 Å². The molecule has 0 aromatic rings. The lowest BCUT2D eigenvalue weighted by Gasteiger charge is -2.19. The van der Waals surface area contributed by atoms with Gasteiger partial charge >= 0.3 is 0 Å². The van der Waals surface area contributed by atoms with Crippen LogP contribution in [0.5, 0.6) is 0 Å². The van der Waals surface area contributed by atoms with Crippen molar-refractivity contribution >= 4 is 0 Å². The zero-order valence-electron chi connectivity index (χ0n) is 8.55. The lowest BCUT2D eigenvalue weighted by Crippen LogP contribution is -2.22. The second kappa shape index (κ2) is 6.40. The van der Waals surface area contributed by atoms with Crippen LogP contribution >= 0.6 is 0 Å². The van der Waals surface area contributed by atoms with Crippen molar-refractivity contribution in [1.29, 1.82) is 0 Å². The van der Waals surface area contributed by atoms with Crippen LogP contribution in [-0.2, 0) is 14.2 Å². The smallest absolute Gasteiger partial charge is 0.146 e. The Bertz CT molecular complexity index is 96.4. The zero-order valence-corrected chi connectivity index (χ0v) is 8.55. The first kappa shape index (κ1) is 11.9. The molecule has 3 nitrogen and oxygen atoms in total. The van der Waals surface area contributed by atoms with E-state index in [4.69, 9.17) is 14.2 Å². The first-order chi connectivity index (χ1) is 5.56. The predicted octanol–water partition coefficient (Wildman–Crippen LogP) is 1.81. The number of hydrogen-bond acceptors (Lipinski definition) is 3. The second-order valence-corrected chi connectivity index (χ2v) is 3.48. The molecule has 0 spiro atoms. The summed E-state index contributed by atoms with van der Waals surface area (Å²) in [6.07, 6.45) is 0. The summed E-state index contributed by atoms with van der Waals surface area (Å²) in [7, 11) is 0. The SMILES string of the molecule is CCOCOCCOC(C)(C)C. The molecule has 0 aliphatic heterocycles. The van der Waals surface area contributed by atoms with Crippen LogP contribution in [0.25, 0.3) is 0 Å². The molecule has 3 heteroatoms. The highest BCUT2D eigenvalue weighted by molar-refractivity contribution is 4.57. The Hall–Kier alpha value is -0.120. The van der Waals surface area contributed by atoms with Crippen molar-refractivity contribution in [3.8, 4) is 0 Å². The third-order valence-electron chi connectivity index (χ3n) is 1.13. The van der Waals surface area contributed by atoms with Crippen molar-refractivity contribution in [2.24, 2.45) is 0 Å². The lowest BCUT2D eigenvalue weighted by molar-refractivity contribution is -0.0868. The van der Waals surface area contributed by atoms with Crippen LogP contribution in [0.2, 0.25) is 0 Å². The highest BCUT2D eigenvalue weighted by atomic mass is 16.7. The summed E-state index contributed by atoms with van der Waals surface area (Å²) in [6.45, 7) is 10.3. The van der Waals surface area contributed by atoms with Crippen molar-refractivity contribution in [3.63, 3.8) is 0 Å². The van der Waals surface area contributed by atoms with E-state index < -0.39 is 0 Å². The van der Waals surface area contributed by atoms with Crippen molar-refractivity contribution in [2.45, 2.75) is 33.3 Å². The van der Waals surface area contributed by atoms with E-state index in [-0.39, 0.29) is 5.60 Å². The molecule has 0 bridgehead atoms. The Morgan fingerprint density at radius 1 is 1.00 bits per heavy atom. The predicted molar refractivity (Wildman–Crippen MR) is 48.2 cm³/mol. The van der Waals surface area contributed by atoms with Crippen molar-refractivity contribution in [3.05, 3.63) is 0 Å². The molecule has 0 fully saturated rings. The van der Waals surface area contributed by atoms with Gasteiger partial charge in [0.25, 0.3) is 0 Å². The summed E-state index contributed by atoms with van der Waals surface area (Å²) < 4.78 is 15.5. The lowest BCUT2D eigenvalue weighted by atomic mass is 10.2. The minimum Gasteiger partial charge on any atom is -0.373 e. The molecule has 0 aliphatic carbocycles. The summed E-state index contributed by atoms with van der Waals surface area (Å²) in [6, 6.07) is 0. The fourth-order valence-corrected chi connectivity index (χ4v) is 0.608. The first-order valence-corrected chi connectivity index (χ1v) is 4.35. The van der Waals surface area contributed by atoms with Crippen LogP contribution in [0.3, 0.4) is 0 Å². The molecule has 0 atom stereocenters. The van der Waals surface area contributed by atoms with Gasteiger partial charge in [0, 0.05) is 6.61 Å². The van der Waals surface area contributed by atoms with Gasteiger partial charge in [-0.1, -0.05) is 0 Å². The van der Waals surface area contributed by atoms with Crippen molar-refractivity contribution in [1.82, 2.24) is 0 Å². The third-order valence-corrected chi connectivity index (χ3v) is 1.13. The maximum atomic E-state index is 5.43. The Morgan fingerprint density at radius 3 is 2.17 bits per heavy atom. The molecule has 0 saturated heterocycles. The highest BCUT2D eigenvalue weighted by Crippen LogP contribution is 2.05. The molecule has 0 radical (unpaired) electrons. The highest BCUT2D eigenvalue weighted by Gasteiger charge is 2.08. The first-order valence-electron chi connectivity index (χ1n) is 4.35. The van der Waals surface area contributed by atoms with Gasteiger partial charge in [-0.25, -0.2) is 0 Å². The van der Waals surface area contributed by atoms with E-state index in [1.54, 1.807) is 0 Å². The number of ether oxygens (including phenoxy) is 3. The van der Waals surface area contributed by atoms with Crippen LogP contribution in [-0.4, -0.2) is 32.2 Å². The molecule has 0 aliphatic rings. The minimum absolute atomic E-state index is 0.0744. The fourth-order valence-electron chi connectivity index (χ4n) is 0.608. The largest absolute Gasteiger partial charge is 0.373 e. The molecule has 0 aromatic carbocycles. The normalized spacial score (nSPS) is 12.0.